The molecular weight excluding hydrogens is 445 g/mol. The monoisotopic (exact) mass is 462 g/mol. The number of nitrogens with zero attached hydrogens (tertiary/aromatic N) is 3. The highest BCUT2D eigenvalue weighted by molar-refractivity contribution is 6.30. The van der Waals surface area contributed by atoms with Gasteiger partial charge in [-0.1, -0.05) is 18.5 Å². The van der Waals surface area contributed by atoms with E-state index in [-0.39, 0.29) is 51.9 Å². The number of nitrogens with one attached hydrogen (secondary N) is 1. The van der Waals surface area contributed by atoms with E-state index in [1.165, 1.54) is 6.07 Å². The van der Waals surface area contributed by atoms with Gasteiger partial charge >= 0.3 is 0 Å². The molecular formula is C22H18ClF3N4O2. The van der Waals surface area contributed by atoms with Gasteiger partial charge in [0.25, 0.3) is 5.91 Å². The van der Waals surface area contributed by atoms with Crippen molar-refractivity contribution in [2.75, 3.05) is 0 Å². The minimum absolute atomic E-state index is 0.0872. The lowest BCUT2D eigenvalue weighted by Gasteiger charge is -2.30. The average Bonchev–Trinajstić information content (AvgIpc) is 3.38. The maximum atomic E-state index is 15.3. The van der Waals surface area contributed by atoms with Crippen LogP contribution in [0.1, 0.15) is 48.6 Å². The number of ether oxygens (including phenoxy) is 1. The second-order valence-corrected chi connectivity index (χ2v) is 8.73. The molecule has 5 rings (SSSR count). The number of aromatic nitrogens is 3. The number of hydrogen-bond acceptors (Lipinski definition) is 4. The summed E-state index contributed by atoms with van der Waals surface area (Å²) >= 11 is 5.72. The Morgan fingerprint density at radius 2 is 1.81 bits per heavy atom. The summed E-state index contributed by atoms with van der Waals surface area (Å²) in [7, 11) is 0. The molecule has 0 radical (unpaired) electrons. The fraction of sp³-hybridized carbons (Fsp3) is 0.318. The fourth-order valence-corrected chi connectivity index (χ4v) is 4.70. The lowest BCUT2D eigenvalue weighted by Crippen LogP contribution is -2.35. The van der Waals surface area contributed by atoms with Crippen LogP contribution in [0.4, 0.5) is 13.2 Å². The zero-order valence-electron chi connectivity index (χ0n) is 17.3. The molecule has 1 aromatic heterocycles. The van der Waals surface area contributed by atoms with Crippen LogP contribution in [0.3, 0.4) is 0 Å². The quantitative estimate of drug-likeness (QED) is 0.609. The maximum absolute atomic E-state index is 15.3. The maximum Gasteiger partial charge on any atom is 0.252 e. The molecule has 0 fully saturated rings. The number of carbonyl (C=O) groups is 1. The molecule has 3 atom stereocenters. The minimum atomic E-state index is -1.25. The molecule has 0 saturated carbocycles. The van der Waals surface area contributed by atoms with Gasteiger partial charge in [-0.05, 0) is 38.1 Å². The van der Waals surface area contributed by atoms with Crippen molar-refractivity contribution in [1.29, 1.82) is 0 Å². The SMILES string of the molecule is CC1C(C)C(C)(Oc2c(F)cc(Cl)cc2F)c2nnc(-c3ccc4c(c3F)CNC4=O)n21. The predicted octanol–water partition coefficient (Wildman–Crippen LogP) is 4.76. The Morgan fingerprint density at radius 3 is 2.50 bits per heavy atom. The van der Waals surface area contributed by atoms with Crippen LogP contribution < -0.4 is 10.1 Å². The molecule has 166 valence electrons. The highest BCUT2D eigenvalue weighted by Gasteiger charge is 2.51. The highest BCUT2D eigenvalue weighted by atomic mass is 35.5. The Bertz CT molecular complexity index is 1270. The van der Waals surface area contributed by atoms with Crippen LogP contribution in [0.25, 0.3) is 11.4 Å². The molecule has 6 nitrogen and oxygen atoms in total. The first-order valence-corrected chi connectivity index (χ1v) is 10.4. The van der Waals surface area contributed by atoms with E-state index in [2.05, 4.69) is 15.5 Å². The van der Waals surface area contributed by atoms with Crippen LogP contribution in [0, 0.1) is 23.4 Å². The summed E-state index contributed by atoms with van der Waals surface area (Å²) in [5, 5.41) is 10.9. The summed E-state index contributed by atoms with van der Waals surface area (Å²) in [5.41, 5.74) is -0.500. The third-order valence-corrected chi connectivity index (χ3v) is 6.79. The molecule has 3 aromatic rings. The Labute approximate surface area is 186 Å². The van der Waals surface area contributed by atoms with Crippen LogP contribution in [0.2, 0.25) is 5.02 Å². The third-order valence-electron chi connectivity index (χ3n) is 6.57. The van der Waals surface area contributed by atoms with E-state index >= 15 is 4.39 Å². The highest BCUT2D eigenvalue weighted by Crippen LogP contribution is 2.49. The number of benzene rings is 2. The van der Waals surface area contributed by atoms with E-state index in [0.29, 0.717) is 5.82 Å². The number of amides is 1. The number of rotatable bonds is 3. The summed E-state index contributed by atoms with van der Waals surface area (Å²) in [4.78, 5) is 11.8. The lowest BCUT2D eigenvalue weighted by molar-refractivity contribution is 0.0233. The summed E-state index contributed by atoms with van der Waals surface area (Å²) in [6.07, 6.45) is 0. The van der Waals surface area contributed by atoms with E-state index in [0.717, 1.165) is 12.1 Å². The molecule has 1 N–H and O–H groups in total. The standard InChI is InChI=1S/C22H18ClF3N4O2/c1-9-10(2)30-19(13-5-4-12-14(17(13)26)8-27-20(12)31)28-29-21(30)22(9,3)32-18-15(24)6-11(23)7-16(18)25/h4-7,9-10H,8H2,1-3H3,(H,27,31). The second kappa shape index (κ2) is 6.96. The summed E-state index contributed by atoms with van der Waals surface area (Å²) in [6, 6.07) is 4.71. The predicted molar refractivity (Wildman–Crippen MR) is 110 cm³/mol. The molecule has 2 aromatic carbocycles. The molecule has 0 saturated heterocycles. The van der Waals surface area contributed by atoms with Crippen molar-refractivity contribution in [3.05, 3.63) is 63.7 Å². The number of fused-ring (bicyclic) bond motifs is 2. The molecule has 32 heavy (non-hydrogen) atoms. The smallest absolute Gasteiger partial charge is 0.252 e. The van der Waals surface area contributed by atoms with Crippen LogP contribution in [-0.2, 0) is 12.1 Å². The third kappa shape index (κ3) is 2.76. The molecule has 3 unspecified atom stereocenters. The van der Waals surface area contributed by atoms with Crippen molar-refractivity contribution in [3.63, 3.8) is 0 Å². The first-order chi connectivity index (χ1) is 15.1. The van der Waals surface area contributed by atoms with Gasteiger partial charge in [-0.3, -0.25) is 4.79 Å². The van der Waals surface area contributed by atoms with Crippen molar-refractivity contribution in [3.8, 4) is 17.1 Å². The van der Waals surface area contributed by atoms with Crippen molar-refractivity contribution in [2.45, 2.75) is 39.0 Å². The Balaban J connectivity index is 1.62. The van der Waals surface area contributed by atoms with Crippen molar-refractivity contribution in [2.24, 2.45) is 5.92 Å². The van der Waals surface area contributed by atoms with Gasteiger partial charge < -0.3 is 14.6 Å². The van der Waals surface area contributed by atoms with Gasteiger partial charge in [-0.2, -0.15) is 0 Å². The number of hydrogen-bond donors (Lipinski definition) is 1. The zero-order chi connectivity index (χ0) is 22.9. The van der Waals surface area contributed by atoms with Crippen LogP contribution >= 0.6 is 11.6 Å². The van der Waals surface area contributed by atoms with Crippen molar-refractivity contribution < 1.29 is 22.7 Å². The summed E-state index contributed by atoms with van der Waals surface area (Å²) < 4.78 is 51.7. The Hall–Kier alpha value is -3.07. The van der Waals surface area contributed by atoms with Gasteiger partial charge in [0.1, 0.15) is 5.82 Å². The topological polar surface area (TPSA) is 69.0 Å². The van der Waals surface area contributed by atoms with Crippen LogP contribution in [0.15, 0.2) is 24.3 Å². The molecule has 2 aliphatic rings. The molecule has 0 spiro atoms. The van der Waals surface area contributed by atoms with Gasteiger partial charge in [-0.15, -0.1) is 10.2 Å². The van der Waals surface area contributed by atoms with Gasteiger partial charge in [0, 0.05) is 34.7 Å². The lowest BCUT2D eigenvalue weighted by atomic mass is 9.88. The molecule has 1 amide bonds. The van der Waals surface area contributed by atoms with Gasteiger partial charge in [0.15, 0.2) is 34.6 Å². The van der Waals surface area contributed by atoms with E-state index < -0.39 is 28.8 Å². The number of carbonyl (C=O) groups excluding carboxylic acids is 1. The van der Waals surface area contributed by atoms with Crippen molar-refractivity contribution in [1.82, 2.24) is 20.1 Å². The Kier molecular flexibility index (Phi) is 4.53. The van der Waals surface area contributed by atoms with Gasteiger partial charge in [0.05, 0.1) is 5.56 Å². The average molecular weight is 463 g/mol. The van der Waals surface area contributed by atoms with Crippen LogP contribution in [0.5, 0.6) is 5.75 Å². The molecule has 0 aliphatic carbocycles. The van der Waals surface area contributed by atoms with Crippen molar-refractivity contribution >= 4 is 17.5 Å². The van der Waals surface area contributed by atoms with Gasteiger partial charge in [0.2, 0.25) is 0 Å². The number of halogens is 4. The van der Waals surface area contributed by atoms with Gasteiger partial charge in [-0.25, -0.2) is 13.2 Å². The first kappa shape index (κ1) is 20.8. The van der Waals surface area contributed by atoms with E-state index in [9.17, 15) is 13.6 Å². The summed E-state index contributed by atoms with van der Waals surface area (Å²) in [6.45, 7) is 5.49. The largest absolute Gasteiger partial charge is 0.473 e. The molecule has 2 aliphatic heterocycles. The van der Waals surface area contributed by atoms with E-state index in [1.54, 1.807) is 17.6 Å². The summed E-state index contributed by atoms with van der Waals surface area (Å²) in [5.74, 6) is -3.04. The molecule has 10 heteroatoms. The second-order valence-electron chi connectivity index (χ2n) is 8.29. The zero-order valence-corrected chi connectivity index (χ0v) is 18.1. The minimum Gasteiger partial charge on any atom is -0.473 e. The van der Waals surface area contributed by atoms with Crippen LogP contribution in [-0.4, -0.2) is 20.7 Å². The Morgan fingerprint density at radius 1 is 1.16 bits per heavy atom. The molecule has 0 bridgehead atoms. The first-order valence-electron chi connectivity index (χ1n) is 10.0. The van der Waals surface area contributed by atoms with E-state index in [1.807, 2.05) is 13.8 Å². The molecule has 3 heterocycles. The normalized spacial score (nSPS) is 23.8. The van der Waals surface area contributed by atoms with E-state index in [4.69, 9.17) is 16.3 Å². The fourth-order valence-electron chi connectivity index (χ4n) is 4.51.